The fourth-order valence-corrected chi connectivity index (χ4v) is 1.28. The number of aromatic nitrogens is 4. The number of aromatic amines is 1. The van der Waals surface area contributed by atoms with Crippen LogP contribution in [0.3, 0.4) is 0 Å². The zero-order chi connectivity index (χ0) is 13.0. The second kappa shape index (κ2) is 4.97. The quantitative estimate of drug-likeness (QED) is 0.697. The van der Waals surface area contributed by atoms with Crippen LogP contribution in [0.1, 0.15) is 11.4 Å². The summed E-state index contributed by atoms with van der Waals surface area (Å²) in [5.41, 5.74) is 1.68. The number of tetrazole rings is 1. The van der Waals surface area contributed by atoms with E-state index < -0.39 is 0 Å². The van der Waals surface area contributed by atoms with Gasteiger partial charge in [0, 0.05) is 18.0 Å². The Labute approximate surface area is 103 Å². The van der Waals surface area contributed by atoms with Crippen LogP contribution in [0.15, 0.2) is 24.4 Å². The van der Waals surface area contributed by atoms with Crippen LogP contribution < -0.4 is 5.32 Å². The molecule has 0 bridgehead atoms. The molecule has 3 N–H and O–H groups in total. The number of H-pyrrole nitrogens is 1. The highest BCUT2D eigenvalue weighted by atomic mass is 16.3. The van der Waals surface area contributed by atoms with Crippen molar-refractivity contribution in [1.29, 1.82) is 5.26 Å². The summed E-state index contributed by atoms with van der Waals surface area (Å²) in [6, 6.07) is 7.08. The predicted octanol–water partition coefficient (Wildman–Crippen LogP) is 1.19. The van der Waals surface area contributed by atoms with Crippen LogP contribution in [0.4, 0.5) is 5.69 Å². The first kappa shape index (κ1) is 11.6. The highest BCUT2D eigenvalue weighted by Crippen LogP contribution is 2.21. The van der Waals surface area contributed by atoms with E-state index in [0.29, 0.717) is 5.69 Å². The minimum Gasteiger partial charge on any atom is -0.508 e. The molecule has 0 aliphatic carbocycles. The lowest BCUT2D eigenvalue weighted by atomic mass is 10.2. The molecular formula is C11H10N6O. The predicted molar refractivity (Wildman–Crippen MR) is 64.2 cm³/mol. The molecule has 2 rings (SSSR count). The van der Waals surface area contributed by atoms with E-state index >= 15 is 0 Å². The SMILES string of the molecule is Cc1ccc(NC=C(C#N)c2nn[nH]n2)cc1O. The van der Waals surface area contributed by atoms with Crippen molar-refractivity contribution in [2.45, 2.75) is 6.92 Å². The Bertz CT molecular complexity index is 611. The average molecular weight is 242 g/mol. The van der Waals surface area contributed by atoms with Gasteiger partial charge in [0.25, 0.3) is 0 Å². The van der Waals surface area contributed by atoms with Gasteiger partial charge in [-0.1, -0.05) is 6.07 Å². The number of rotatable bonds is 3. The molecule has 1 aromatic heterocycles. The number of benzene rings is 1. The van der Waals surface area contributed by atoms with Gasteiger partial charge in [-0.05, 0) is 23.8 Å². The first-order valence-electron chi connectivity index (χ1n) is 5.11. The fraction of sp³-hybridized carbons (Fsp3) is 0.0909. The molecule has 0 amide bonds. The van der Waals surface area contributed by atoms with Crippen molar-refractivity contribution in [2.75, 3.05) is 5.32 Å². The Morgan fingerprint density at radius 2 is 2.39 bits per heavy atom. The van der Waals surface area contributed by atoms with Crippen molar-refractivity contribution in [3.05, 3.63) is 35.8 Å². The molecule has 7 nitrogen and oxygen atoms in total. The molecule has 0 unspecified atom stereocenters. The number of hydrogen-bond acceptors (Lipinski definition) is 6. The van der Waals surface area contributed by atoms with Crippen LogP contribution >= 0.6 is 0 Å². The molecule has 18 heavy (non-hydrogen) atoms. The van der Waals surface area contributed by atoms with Crippen molar-refractivity contribution in [1.82, 2.24) is 20.6 Å². The van der Waals surface area contributed by atoms with Crippen molar-refractivity contribution >= 4 is 11.3 Å². The van der Waals surface area contributed by atoms with Crippen molar-refractivity contribution < 1.29 is 5.11 Å². The number of nitrogens with one attached hydrogen (secondary N) is 2. The maximum Gasteiger partial charge on any atom is 0.216 e. The third kappa shape index (κ3) is 2.44. The zero-order valence-corrected chi connectivity index (χ0v) is 9.55. The minimum atomic E-state index is 0.187. The lowest BCUT2D eigenvalue weighted by Crippen LogP contribution is -1.93. The van der Waals surface area contributed by atoms with E-state index in [1.807, 2.05) is 6.07 Å². The molecule has 0 radical (unpaired) electrons. The largest absolute Gasteiger partial charge is 0.508 e. The van der Waals surface area contributed by atoms with E-state index in [1.165, 1.54) is 6.20 Å². The second-order valence-electron chi connectivity index (χ2n) is 3.55. The molecular weight excluding hydrogens is 232 g/mol. The standard InChI is InChI=1S/C11H10N6O/c1-7-2-3-9(4-10(7)18)13-6-8(5-12)11-14-16-17-15-11/h2-4,6,13,18H,1H3,(H,14,15,16,17). The first-order chi connectivity index (χ1) is 8.70. The summed E-state index contributed by atoms with van der Waals surface area (Å²) in [6.07, 6.45) is 1.45. The Balaban J connectivity index is 2.19. The van der Waals surface area contributed by atoms with Crippen LogP contribution in [0.2, 0.25) is 0 Å². The smallest absolute Gasteiger partial charge is 0.216 e. The van der Waals surface area contributed by atoms with Gasteiger partial charge in [-0.3, -0.25) is 0 Å². The van der Waals surface area contributed by atoms with Crippen LogP contribution in [0.25, 0.3) is 5.57 Å². The molecule has 0 aliphatic rings. The summed E-state index contributed by atoms with van der Waals surface area (Å²) in [6.45, 7) is 1.80. The average Bonchev–Trinajstić information content (AvgIpc) is 2.88. The Morgan fingerprint density at radius 3 is 3.00 bits per heavy atom. The van der Waals surface area contributed by atoms with Crippen molar-refractivity contribution in [2.24, 2.45) is 0 Å². The monoisotopic (exact) mass is 242 g/mol. The van der Waals surface area contributed by atoms with Crippen LogP contribution in [-0.4, -0.2) is 25.7 Å². The number of anilines is 1. The lowest BCUT2D eigenvalue weighted by molar-refractivity contribution is 0.471. The van der Waals surface area contributed by atoms with Gasteiger partial charge >= 0.3 is 0 Å². The van der Waals surface area contributed by atoms with Gasteiger partial charge in [0.05, 0.1) is 0 Å². The van der Waals surface area contributed by atoms with E-state index in [1.54, 1.807) is 25.1 Å². The maximum atomic E-state index is 9.54. The molecule has 90 valence electrons. The molecule has 0 spiro atoms. The summed E-state index contributed by atoms with van der Waals surface area (Å²) in [5, 5.41) is 34.4. The second-order valence-corrected chi connectivity index (χ2v) is 3.55. The minimum absolute atomic E-state index is 0.187. The van der Waals surface area contributed by atoms with Gasteiger partial charge in [0.15, 0.2) is 0 Å². The van der Waals surface area contributed by atoms with E-state index in [0.717, 1.165) is 5.56 Å². The lowest BCUT2D eigenvalue weighted by Gasteiger charge is -2.03. The summed E-state index contributed by atoms with van der Waals surface area (Å²) in [7, 11) is 0. The van der Waals surface area contributed by atoms with E-state index in [4.69, 9.17) is 5.26 Å². The molecule has 1 heterocycles. The molecule has 0 saturated carbocycles. The third-order valence-corrected chi connectivity index (χ3v) is 2.30. The molecule has 0 aliphatic heterocycles. The Hall–Kier alpha value is -2.88. The van der Waals surface area contributed by atoms with Gasteiger partial charge in [0.2, 0.25) is 5.82 Å². The molecule has 1 aromatic carbocycles. The third-order valence-electron chi connectivity index (χ3n) is 2.30. The summed E-state index contributed by atoms with van der Waals surface area (Å²) >= 11 is 0. The number of hydrogen-bond donors (Lipinski definition) is 3. The van der Waals surface area contributed by atoms with Crippen molar-refractivity contribution in [3.63, 3.8) is 0 Å². The number of aryl methyl sites for hydroxylation is 1. The van der Waals surface area contributed by atoms with Crippen molar-refractivity contribution in [3.8, 4) is 11.8 Å². The topological polar surface area (TPSA) is 111 Å². The molecule has 0 atom stereocenters. The van der Waals surface area contributed by atoms with Gasteiger partial charge in [-0.2, -0.15) is 10.5 Å². The van der Waals surface area contributed by atoms with E-state index in [9.17, 15) is 5.11 Å². The first-order valence-corrected chi connectivity index (χ1v) is 5.11. The van der Waals surface area contributed by atoms with Gasteiger partial charge in [-0.25, -0.2) is 0 Å². The van der Waals surface area contributed by atoms with E-state index in [2.05, 4.69) is 25.9 Å². The van der Waals surface area contributed by atoms with Gasteiger partial charge in [-0.15, -0.1) is 10.2 Å². The number of nitrogens with zero attached hydrogens (tertiary/aromatic N) is 4. The van der Waals surface area contributed by atoms with Crippen LogP contribution in [0, 0.1) is 18.3 Å². The number of phenolic OH excluding ortho intramolecular Hbond substituents is 1. The number of aromatic hydroxyl groups is 1. The number of nitriles is 1. The summed E-state index contributed by atoms with van der Waals surface area (Å²) < 4.78 is 0. The summed E-state index contributed by atoms with van der Waals surface area (Å²) in [5.74, 6) is 0.396. The van der Waals surface area contributed by atoms with Gasteiger partial charge in [0.1, 0.15) is 17.4 Å². The highest BCUT2D eigenvalue weighted by Gasteiger charge is 2.05. The number of allylic oxidation sites excluding steroid dienone is 1. The molecule has 2 aromatic rings. The molecule has 7 heteroatoms. The Kier molecular flexibility index (Phi) is 3.20. The summed E-state index contributed by atoms with van der Waals surface area (Å²) in [4.78, 5) is 0. The van der Waals surface area contributed by atoms with Gasteiger partial charge < -0.3 is 10.4 Å². The normalized spacial score (nSPS) is 11.0. The zero-order valence-electron chi connectivity index (χ0n) is 9.55. The van der Waals surface area contributed by atoms with E-state index in [-0.39, 0.29) is 17.1 Å². The van der Waals surface area contributed by atoms with Crippen LogP contribution in [0.5, 0.6) is 5.75 Å². The highest BCUT2D eigenvalue weighted by molar-refractivity contribution is 5.74. The molecule has 0 saturated heterocycles. The molecule has 0 fully saturated rings. The fourth-order valence-electron chi connectivity index (χ4n) is 1.28. The van der Waals surface area contributed by atoms with Crippen LogP contribution in [-0.2, 0) is 0 Å². The number of phenols is 1. The maximum absolute atomic E-state index is 9.54. The Morgan fingerprint density at radius 1 is 1.56 bits per heavy atom.